The average Bonchev–Trinajstić information content (AvgIpc) is 2.07. The third-order valence-electron chi connectivity index (χ3n) is 1.68. The Morgan fingerprint density at radius 2 is 2.14 bits per heavy atom. The molecular formula is C10H10O4. The monoisotopic (exact) mass is 194 g/mol. The summed E-state index contributed by atoms with van der Waals surface area (Å²) in [6.45, 7) is 4.86. The zero-order valence-corrected chi connectivity index (χ0v) is 7.74. The molecule has 0 fully saturated rings. The van der Waals surface area contributed by atoms with Gasteiger partial charge in [-0.05, 0) is 6.08 Å². The van der Waals surface area contributed by atoms with Crippen LogP contribution >= 0.6 is 0 Å². The summed E-state index contributed by atoms with van der Waals surface area (Å²) in [5, 5.41) is 8.82. The highest BCUT2D eigenvalue weighted by Gasteiger charge is 2.19. The van der Waals surface area contributed by atoms with E-state index in [1.807, 2.05) is 0 Å². The Hall–Kier alpha value is -1.84. The maximum absolute atomic E-state index is 10.8. The number of esters is 1. The number of carboxylic acid groups (broad SMARTS) is 1. The minimum atomic E-state index is -1.09. The number of aliphatic carboxylic acids is 1. The molecule has 14 heavy (non-hydrogen) atoms. The number of rotatable bonds is 2. The van der Waals surface area contributed by atoms with Gasteiger partial charge in [-0.15, -0.1) is 0 Å². The quantitative estimate of drug-likeness (QED) is 0.675. The van der Waals surface area contributed by atoms with Crippen molar-refractivity contribution in [2.45, 2.75) is 13.3 Å². The Balaban J connectivity index is 3.01. The Kier molecular flexibility index (Phi) is 2.86. The summed E-state index contributed by atoms with van der Waals surface area (Å²) in [5.41, 5.74) is 0.742. The van der Waals surface area contributed by atoms with Crippen LogP contribution in [0, 0.1) is 0 Å². The van der Waals surface area contributed by atoms with E-state index in [0.29, 0.717) is 5.57 Å². The molecule has 0 bridgehead atoms. The van der Waals surface area contributed by atoms with E-state index >= 15 is 0 Å². The molecule has 0 aromatic carbocycles. The minimum absolute atomic E-state index is 0.0627. The van der Waals surface area contributed by atoms with E-state index in [2.05, 4.69) is 6.58 Å². The third-order valence-corrected chi connectivity index (χ3v) is 1.68. The summed E-state index contributed by atoms with van der Waals surface area (Å²) in [6.07, 6.45) is 3.27. The molecule has 1 aliphatic carbocycles. The van der Waals surface area contributed by atoms with Gasteiger partial charge in [0.1, 0.15) is 5.76 Å². The van der Waals surface area contributed by atoms with Crippen LogP contribution < -0.4 is 0 Å². The van der Waals surface area contributed by atoms with Crippen molar-refractivity contribution in [2.24, 2.45) is 0 Å². The number of carbonyl (C=O) groups excluding carboxylic acids is 1. The van der Waals surface area contributed by atoms with Crippen molar-refractivity contribution in [3.63, 3.8) is 0 Å². The Morgan fingerprint density at radius 1 is 1.50 bits per heavy atom. The van der Waals surface area contributed by atoms with Crippen molar-refractivity contribution in [2.75, 3.05) is 0 Å². The number of ether oxygens (including phenoxy) is 1. The first-order chi connectivity index (χ1) is 6.50. The molecule has 0 saturated carbocycles. The normalized spacial score (nSPS) is 15.6. The molecule has 1 rings (SSSR count). The summed E-state index contributed by atoms with van der Waals surface area (Å²) < 4.78 is 4.75. The van der Waals surface area contributed by atoms with Gasteiger partial charge in [0, 0.05) is 13.3 Å². The Morgan fingerprint density at radius 3 is 2.64 bits per heavy atom. The summed E-state index contributed by atoms with van der Waals surface area (Å²) in [4.78, 5) is 21.4. The number of carbonyl (C=O) groups is 2. The molecule has 0 spiro atoms. The summed E-state index contributed by atoms with van der Waals surface area (Å²) >= 11 is 0. The summed E-state index contributed by atoms with van der Waals surface area (Å²) in [5.74, 6) is -1.53. The first kappa shape index (κ1) is 10.2. The van der Waals surface area contributed by atoms with Crippen LogP contribution in [-0.2, 0) is 14.3 Å². The van der Waals surface area contributed by atoms with Crippen molar-refractivity contribution in [3.8, 4) is 0 Å². The van der Waals surface area contributed by atoms with Crippen molar-refractivity contribution < 1.29 is 19.4 Å². The maximum atomic E-state index is 10.8. The van der Waals surface area contributed by atoms with Gasteiger partial charge in [-0.25, -0.2) is 4.79 Å². The van der Waals surface area contributed by atoms with Gasteiger partial charge in [0.25, 0.3) is 0 Å². The highest BCUT2D eigenvalue weighted by atomic mass is 16.5. The lowest BCUT2D eigenvalue weighted by Crippen LogP contribution is -2.11. The standard InChI is InChI=1S/C10H10O4/c1-6-3-4-9(14-7(2)11)8(5-6)10(12)13/h3-4H,1,5H2,2H3,(H,12,13). The molecule has 0 aromatic heterocycles. The minimum Gasteiger partial charge on any atom is -0.478 e. The molecule has 1 aliphatic rings. The van der Waals surface area contributed by atoms with Gasteiger partial charge in [-0.1, -0.05) is 18.2 Å². The lowest BCUT2D eigenvalue weighted by atomic mass is 10.00. The topological polar surface area (TPSA) is 63.6 Å². The predicted molar refractivity (Wildman–Crippen MR) is 49.3 cm³/mol. The van der Waals surface area contributed by atoms with Gasteiger partial charge in [-0.3, -0.25) is 4.79 Å². The predicted octanol–water partition coefficient (Wildman–Crippen LogP) is 1.40. The van der Waals surface area contributed by atoms with Crippen LogP contribution in [0.4, 0.5) is 0 Å². The molecule has 1 N–H and O–H groups in total. The fourth-order valence-electron chi connectivity index (χ4n) is 1.10. The van der Waals surface area contributed by atoms with Gasteiger partial charge in [-0.2, -0.15) is 0 Å². The Bertz CT molecular complexity index is 360. The van der Waals surface area contributed by atoms with Crippen molar-refractivity contribution in [1.29, 1.82) is 0 Å². The highest BCUT2D eigenvalue weighted by Crippen LogP contribution is 2.23. The van der Waals surface area contributed by atoms with Crippen LogP contribution in [0.5, 0.6) is 0 Å². The highest BCUT2D eigenvalue weighted by molar-refractivity contribution is 5.89. The molecule has 0 radical (unpaired) electrons. The van der Waals surface area contributed by atoms with Crippen molar-refractivity contribution in [1.82, 2.24) is 0 Å². The van der Waals surface area contributed by atoms with Crippen molar-refractivity contribution in [3.05, 3.63) is 35.6 Å². The van der Waals surface area contributed by atoms with Crippen molar-refractivity contribution >= 4 is 11.9 Å². The molecule has 0 atom stereocenters. The molecule has 4 heteroatoms. The van der Waals surface area contributed by atoms with Gasteiger partial charge in [0.05, 0.1) is 5.57 Å². The largest absolute Gasteiger partial charge is 0.478 e. The van der Waals surface area contributed by atoms with Crippen LogP contribution in [0.25, 0.3) is 0 Å². The van der Waals surface area contributed by atoms with Crippen LogP contribution in [0.2, 0.25) is 0 Å². The maximum Gasteiger partial charge on any atom is 0.335 e. The first-order valence-electron chi connectivity index (χ1n) is 4.01. The number of allylic oxidation sites excluding steroid dienone is 3. The van der Waals surface area contributed by atoms with Gasteiger partial charge < -0.3 is 9.84 Å². The van der Waals surface area contributed by atoms with E-state index in [-0.39, 0.29) is 17.8 Å². The lowest BCUT2D eigenvalue weighted by Gasteiger charge is -2.12. The molecule has 0 aliphatic heterocycles. The fourth-order valence-corrected chi connectivity index (χ4v) is 1.10. The molecule has 0 saturated heterocycles. The number of hydrogen-bond donors (Lipinski definition) is 1. The fraction of sp³-hybridized carbons (Fsp3) is 0.200. The zero-order valence-electron chi connectivity index (χ0n) is 7.74. The van der Waals surface area contributed by atoms with Crippen LogP contribution in [0.15, 0.2) is 35.6 Å². The second kappa shape index (κ2) is 3.91. The van der Waals surface area contributed by atoms with Gasteiger partial charge >= 0.3 is 11.9 Å². The van der Waals surface area contributed by atoms with E-state index in [1.54, 1.807) is 6.08 Å². The molecule has 0 aromatic rings. The summed E-state index contributed by atoms with van der Waals surface area (Å²) in [6, 6.07) is 0. The summed E-state index contributed by atoms with van der Waals surface area (Å²) in [7, 11) is 0. The second-order valence-electron chi connectivity index (χ2n) is 2.91. The molecule has 0 amide bonds. The van der Waals surface area contributed by atoms with Crippen LogP contribution in [0.1, 0.15) is 13.3 Å². The molecule has 0 heterocycles. The number of carboxylic acids is 1. The third kappa shape index (κ3) is 2.32. The molecular weight excluding hydrogens is 184 g/mol. The van der Waals surface area contributed by atoms with E-state index in [0.717, 1.165) is 0 Å². The molecule has 0 unspecified atom stereocenters. The SMILES string of the molecule is C=C1C=CC(OC(C)=O)=C(C(=O)O)C1. The van der Waals surface area contributed by atoms with E-state index in [4.69, 9.17) is 9.84 Å². The van der Waals surface area contributed by atoms with Crippen LogP contribution in [-0.4, -0.2) is 17.0 Å². The Labute approximate surface area is 81.2 Å². The first-order valence-corrected chi connectivity index (χ1v) is 4.01. The van der Waals surface area contributed by atoms with E-state index in [1.165, 1.54) is 13.0 Å². The van der Waals surface area contributed by atoms with Crippen LogP contribution in [0.3, 0.4) is 0 Å². The van der Waals surface area contributed by atoms with E-state index < -0.39 is 11.9 Å². The second-order valence-corrected chi connectivity index (χ2v) is 2.91. The number of hydrogen-bond acceptors (Lipinski definition) is 3. The average molecular weight is 194 g/mol. The molecule has 4 nitrogen and oxygen atoms in total. The van der Waals surface area contributed by atoms with Gasteiger partial charge in [0.15, 0.2) is 0 Å². The van der Waals surface area contributed by atoms with Gasteiger partial charge in [0.2, 0.25) is 0 Å². The smallest absolute Gasteiger partial charge is 0.335 e. The zero-order chi connectivity index (χ0) is 10.7. The molecule has 74 valence electrons. The lowest BCUT2D eigenvalue weighted by molar-refractivity contribution is -0.137. The van der Waals surface area contributed by atoms with E-state index in [9.17, 15) is 9.59 Å².